The van der Waals surface area contributed by atoms with E-state index in [4.69, 9.17) is 11.6 Å². The van der Waals surface area contributed by atoms with Crippen molar-refractivity contribution in [2.75, 3.05) is 20.1 Å². The molecule has 0 saturated carbocycles. The molecule has 0 spiro atoms. The second-order valence-electron chi connectivity index (χ2n) is 6.87. The van der Waals surface area contributed by atoms with Gasteiger partial charge in [-0.1, -0.05) is 54.1 Å². The quantitative estimate of drug-likeness (QED) is 0.833. The topological polar surface area (TPSA) is 6.48 Å². The minimum Gasteiger partial charge on any atom is -0.298 e. The molecule has 23 heavy (non-hydrogen) atoms. The smallest absolute Gasteiger partial charge is 0.0602 e. The van der Waals surface area contributed by atoms with Crippen LogP contribution in [0.15, 0.2) is 54.6 Å². The molecule has 0 aliphatic carbocycles. The third-order valence-corrected chi connectivity index (χ3v) is 5.79. The number of halogens is 1. The lowest BCUT2D eigenvalue weighted by molar-refractivity contribution is 0.0687. The van der Waals surface area contributed by atoms with E-state index in [0.29, 0.717) is 18.1 Å². The first-order valence-corrected chi connectivity index (χ1v) is 8.86. The molecule has 0 amide bonds. The van der Waals surface area contributed by atoms with Gasteiger partial charge in [0.15, 0.2) is 0 Å². The Labute approximate surface area is 143 Å². The Morgan fingerprint density at radius 1 is 0.870 bits per heavy atom. The average Bonchev–Trinajstić information content (AvgIpc) is 2.79. The lowest BCUT2D eigenvalue weighted by Gasteiger charge is -2.43. The molecule has 0 aromatic heterocycles. The first kappa shape index (κ1) is 15.2. The fourth-order valence-electron chi connectivity index (χ4n) is 4.25. The summed E-state index contributed by atoms with van der Waals surface area (Å²) < 4.78 is 0. The Morgan fingerprint density at radius 2 is 1.43 bits per heavy atom. The van der Waals surface area contributed by atoms with E-state index in [0.717, 1.165) is 18.1 Å². The molecule has 2 aliphatic rings. The van der Waals surface area contributed by atoms with Gasteiger partial charge < -0.3 is 0 Å². The van der Waals surface area contributed by atoms with Crippen LogP contribution in [0.5, 0.6) is 0 Å². The molecular formula is C20H23ClN2. The Bertz CT molecular complexity index is 641. The van der Waals surface area contributed by atoms with Crippen LogP contribution in [-0.4, -0.2) is 42.0 Å². The Balaban J connectivity index is 1.70. The highest BCUT2D eigenvalue weighted by molar-refractivity contribution is 6.30. The number of hydrogen-bond donors (Lipinski definition) is 0. The number of hydrogen-bond acceptors (Lipinski definition) is 2. The molecule has 4 rings (SSSR count). The summed E-state index contributed by atoms with van der Waals surface area (Å²) in [6.45, 7) is 2.30. The molecule has 2 bridgehead atoms. The highest BCUT2D eigenvalue weighted by Crippen LogP contribution is 2.36. The third kappa shape index (κ3) is 2.91. The van der Waals surface area contributed by atoms with Gasteiger partial charge in [-0.25, -0.2) is 0 Å². The predicted octanol–water partition coefficient (Wildman–Crippen LogP) is 4.21. The minimum absolute atomic E-state index is 0.324. The zero-order chi connectivity index (χ0) is 15.8. The van der Waals surface area contributed by atoms with E-state index in [1.165, 1.54) is 24.0 Å². The van der Waals surface area contributed by atoms with Crippen LogP contribution in [0.1, 0.15) is 30.0 Å². The maximum absolute atomic E-state index is 6.10. The molecule has 2 heterocycles. The van der Waals surface area contributed by atoms with E-state index in [-0.39, 0.29) is 0 Å². The Hall–Kier alpha value is -1.35. The number of rotatable bonds is 3. The fraction of sp³-hybridized carbons (Fsp3) is 0.400. The molecule has 120 valence electrons. The maximum Gasteiger partial charge on any atom is 0.0602 e. The minimum atomic E-state index is 0.324. The van der Waals surface area contributed by atoms with E-state index in [9.17, 15) is 0 Å². The van der Waals surface area contributed by atoms with Gasteiger partial charge in [0.05, 0.1) is 6.04 Å². The van der Waals surface area contributed by atoms with Crippen molar-refractivity contribution in [1.29, 1.82) is 0 Å². The van der Waals surface area contributed by atoms with Gasteiger partial charge in [-0.05, 0) is 43.1 Å². The largest absolute Gasteiger partial charge is 0.298 e. The van der Waals surface area contributed by atoms with Crippen LogP contribution < -0.4 is 0 Å². The van der Waals surface area contributed by atoms with E-state index < -0.39 is 0 Å². The van der Waals surface area contributed by atoms with Crippen molar-refractivity contribution in [2.24, 2.45) is 0 Å². The second-order valence-corrected chi connectivity index (χ2v) is 7.31. The molecule has 2 saturated heterocycles. The average molecular weight is 327 g/mol. The van der Waals surface area contributed by atoms with Gasteiger partial charge in [-0.15, -0.1) is 0 Å². The SMILES string of the molecule is CN1C2CCC1CN(C(c1ccccc1)c1ccc(Cl)cc1)C2. The van der Waals surface area contributed by atoms with Crippen molar-refractivity contribution >= 4 is 11.6 Å². The summed E-state index contributed by atoms with van der Waals surface area (Å²) in [7, 11) is 2.29. The summed E-state index contributed by atoms with van der Waals surface area (Å²) in [6, 6.07) is 21.0. The van der Waals surface area contributed by atoms with Gasteiger partial charge in [0.2, 0.25) is 0 Å². The lowest BCUT2D eigenvalue weighted by Crippen LogP contribution is -2.52. The highest BCUT2D eigenvalue weighted by atomic mass is 35.5. The first-order chi connectivity index (χ1) is 11.2. The van der Waals surface area contributed by atoms with Crippen molar-refractivity contribution in [1.82, 2.24) is 9.80 Å². The second kappa shape index (κ2) is 6.27. The van der Waals surface area contributed by atoms with E-state index >= 15 is 0 Å². The van der Waals surface area contributed by atoms with Crippen LogP contribution in [-0.2, 0) is 0 Å². The summed E-state index contributed by atoms with van der Waals surface area (Å²) in [5, 5.41) is 0.805. The van der Waals surface area contributed by atoms with Gasteiger partial charge in [-0.3, -0.25) is 9.80 Å². The van der Waals surface area contributed by atoms with Gasteiger partial charge in [0.1, 0.15) is 0 Å². The zero-order valence-corrected chi connectivity index (χ0v) is 14.3. The van der Waals surface area contributed by atoms with Crippen LogP contribution >= 0.6 is 11.6 Å². The van der Waals surface area contributed by atoms with Crippen LogP contribution in [0.4, 0.5) is 0 Å². The molecule has 2 aromatic carbocycles. The van der Waals surface area contributed by atoms with E-state index in [1.807, 2.05) is 12.1 Å². The number of piperazine rings is 1. The van der Waals surface area contributed by atoms with E-state index in [1.54, 1.807) is 0 Å². The van der Waals surface area contributed by atoms with Gasteiger partial charge in [0.25, 0.3) is 0 Å². The van der Waals surface area contributed by atoms with Crippen molar-refractivity contribution in [3.05, 3.63) is 70.7 Å². The Morgan fingerprint density at radius 3 is 2.04 bits per heavy atom. The normalized spacial score (nSPS) is 26.3. The number of likely N-dealkylation sites (N-methyl/N-ethyl adjacent to an activating group) is 1. The molecule has 3 heteroatoms. The summed E-state index contributed by atoms with van der Waals surface area (Å²) in [5.74, 6) is 0. The monoisotopic (exact) mass is 326 g/mol. The van der Waals surface area contributed by atoms with Crippen molar-refractivity contribution in [3.63, 3.8) is 0 Å². The van der Waals surface area contributed by atoms with Crippen LogP contribution in [0.2, 0.25) is 5.02 Å². The Kier molecular flexibility index (Phi) is 4.14. The van der Waals surface area contributed by atoms with Crippen molar-refractivity contribution in [3.8, 4) is 0 Å². The number of fused-ring (bicyclic) bond motifs is 2. The lowest BCUT2D eigenvalue weighted by atomic mass is 9.95. The summed E-state index contributed by atoms with van der Waals surface area (Å²) in [5.41, 5.74) is 2.71. The van der Waals surface area contributed by atoms with Gasteiger partial charge in [0, 0.05) is 30.2 Å². The summed E-state index contributed by atoms with van der Waals surface area (Å²) in [6.07, 6.45) is 2.67. The molecule has 2 fully saturated rings. The van der Waals surface area contributed by atoms with E-state index in [2.05, 4.69) is 59.3 Å². The predicted molar refractivity (Wildman–Crippen MR) is 95.9 cm³/mol. The summed E-state index contributed by atoms with van der Waals surface area (Å²) in [4.78, 5) is 5.25. The number of benzene rings is 2. The van der Waals surface area contributed by atoms with Crippen LogP contribution in [0, 0.1) is 0 Å². The molecule has 2 aromatic rings. The fourth-order valence-corrected chi connectivity index (χ4v) is 4.38. The summed E-state index contributed by atoms with van der Waals surface area (Å²) >= 11 is 6.10. The maximum atomic E-state index is 6.10. The van der Waals surface area contributed by atoms with Crippen molar-refractivity contribution in [2.45, 2.75) is 31.0 Å². The van der Waals surface area contributed by atoms with Crippen molar-refractivity contribution < 1.29 is 0 Å². The first-order valence-electron chi connectivity index (χ1n) is 8.49. The third-order valence-electron chi connectivity index (χ3n) is 5.54. The number of likely N-dealkylation sites (tertiary alicyclic amines) is 1. The molecule has 3 atom stereocenters. The molecule has 0 radical (unpaired) electrons. The standard InChI is InChI=1S/C20H23ClN2/c1-22-18-11-12-19(22)14-23(13-18)20(15-5-3-2-4-6-15)16-7-9-17(21)10-8-16/h2-10,18-20H,11-14H2,1H3. The van der Waals surface area contributed by atoms with Gasteiger partial charge >= 0.3 is 0 Å². The van der Waals surface area contributed by atoms with Crippen LogP contribution in [0.25, 0.3) is 0 Å². The molecule has 0 N–H and O–H groups in total. The molecule has 2 nitrogen and oxygen atoms in total. The number of nitrogens with zero attached hydrogens (tertiary/aromatic N) is 2. The zero-order valence-electron chi connectivity index (χ0n) is 13.5. The molecular weight excluding hydrogens is 304 g/mol. The highest BCUT2D eigenvalue weighted by Gasteiger charge is 2.40. The van der Waals surface area contributed by atoms with Gasteiger partial charge in [-0.2, -0.15) is 0 Å². The van der Waals surface area contributed by atoms with Crippen LogP contribution in [0.3, 0.4) is 0 Å². The molecule has 3 unspecified atom stereocenters. The molecule has 2 aliphatic heterocycles.